The highest BCUT2D eigenvalue weighted by Gasteiger charge is 2.17. The molecule has 0 spiro atoms. The number of carboxylic acids is 1. The second-order valence-corrected chi connectivity index (χ2v) is 4.26. The van der Waals surface area contributed by atoms with Crippen LogP contribution < -0.4 is 5.32 Å². The summed E-state index contributed by atoms with van der Waals surface area (Å²) in [6.07, 6.45) is 1.58. The molecule has 0 heterocycles. The van der Waals surface area contributed by atoms with E-state index in [-0.39, 0.29) is 0 Å². The number of hydrogen-bond donors (Lipinski definition) is 2. The average molecular weight is 260 g/mol. The summed E-state index contributed by atoms with van der Waals surface area (Å²) < 4.78 is 5.31. The van der Waals surface area contributed by atoms with Crippen molar-refractivity contribution in [2.45, 2.75) is 39.7 Å². The van der Waals surface area contributed by atoms with Crippen molar-refractivity contribution in [3.05, 3.63) is 0 Å². The number of likely N-dealkylation sites (N-methyl/N-ethyl adjacent to an activating group) is 1. The van der Waals surface area contributed by atoms with Crippen LogP contribution in [-0.2, 0) is 9.53 Å². The predicted molar refractivity (Wildman–Crippen MR) is 72.9 cm³/mol. The van der Waals surface area contributed by atoms with E-state index in [4.69, 9.17) is 9.84 Å². The Hall–Kier alpha value is -0.650. The zero-order valence-electron chi connectivity index (χ0n) is 11.9. The summed E-state index contributed by atoms with van der Waals surface area (Å²) in [4.78, 5) is 13.3. The molecule has 0 aromatic carbocycles. The van der Waals surface area contributed by atoms with Crippen LogP contribution in [-0.4, -0.2) is 61.4 Å². The van der Waals surface area contributed by atoms with Crippen molar-refractivity contribution in [1.29, 1.82) is 0 Å². The molecule has 0 radical (unpaired) electrons. The summed E-state index contributed by atoms with van der Waals surface area (Å²) in [6, 6.07) is -0.439. The third kappa shape index (κ3) is 8.44. The van der Waals surface area contributed by atoms with E-state index in [1.54, 1.807) is 0 Å². The number of hydrogen-bond acceptors (Lipinski definition) is 4. The van der Waals surface area contributed by atoms with E-state index in [1.165, 1.54) is 0 Å². The minimum atomic E-state index is -0.760. The Morgan fingerprint density at radius 3 is 2.56 bits per heavy atom. The molecule has 0 aromatic heterocycles. The maximum absolute atomic E-state index is 11.1. The van der Waals surface area contributed by atoms with Gasteiger partial charge in [-0.25, -0.2) is 0 Å². The lowest BCUT2D eigenvalue weighted by Crippen LogP contribution is -2.40. The molecule has 1 unspecified atom stereocenters. The molecule has 0 aliphatic carbocycles. The van der Waals surface area contributed by atoms with Gasteiger partial charge in [-0.1, -0.05) is 13.8 Å². The fraction of sp³-hybridized carbons (Fsp3) is 0.923. The summed E-state index contributed by atoms with van der Waals surface area (Å²) >= 11 is 0. The summed E-state index contributed by atoms with van der Waals surface area (Å²) in [5, 5.41) is 12.2. The van der Waals surface area contributed by atoms with E-state index in [9.17, 15) is 4.79 Å². The van der Waals surface area contributed by atoms with Crippen molar-refractivity contribution in [3.8, 4) is 0 Å². The average Bonchev–Trinajstić information content (AvgIpc) is 2.36. The maximum Gasteiger partial charge on any atom is 0.320 e. The number of ether oxygens (including phenoxy) is 1. The molecule has 1 atom stereocenters. The number of rotatable bonds is 12. The third-order valence-electron chi connectivity index (χ3n) is 2.88. The van der Waals surface area contributed by atoms with Crippen molar-refractivity contribution >= 4 is 5.97 Å². The lowest BCUT2D eigenvalue weighted by atomic mass is 10.2. The first-order valence-corrected chi connectivity index (χ1v) is 6.91. The molecule has 5 heteroatoms. The largest absolute Gasteiger partial charge is 0.480 e. The normalized spacial score (nSPS) is 12.9. The van der Waals surface area contributed by atoms with Gasteiger partial charge in [0, 0.05) is 19.7 Å². The Morgan fingerprint density at radius 1 is 1.33 bits per heavy atom. The highest BCUT2D eigenvalue weighted by Crippen LogP contribution is 1.98. The molecule has 5 nitrogen and oxygen atoms in total. The minimum Gasteiger partial charge on any atom is -0.480 e. The van der Waals surface area contributed by atoms with E-state index in [2.05, 4.69) is 17.1 Å². The summed E-state index contributed by atoms with van der Waals surface area (Å²) in [6.45, 7) is 10.9. The van der Waals surface area contributed by atoms with E-state index >= 15 is 0 Å². The molecule has 0 amide bonds. The number of carbonyl (C=O) groups is 1. The lowest BCUT2D eigenvalue weighted by Gasteiger charge is -2.22. The second kappa shape index (κ2) is 11.4. The van der Waals surface area contributed by atoms with Crippen LogP contribution in [0.4, 0.5) is 0 Å². The number of carboxylic acid groups (broad SMARTS) is 1. The molecule has 0 aliphatic heterocycles. The van der Waals surface area contributed by atoms with Crippen LogP contribution in [0.15, 0.2) is 0 Å². The van der Waals surface area contributed by atoms with Crippen molar-refractivity contribution in [2.24, 2.45) is 0 Å². The van der Waals surface area contributed by atoms with E-state index in [1.807, 2.05) is 13.8 Å². The fourth-order valence-electron chi connectivity index (χ4n) is 1.71. The predicted octanol–water partition coefficient (Wildman–Crippen LogP) is 1.19. The van der Waals surface area contributed by atoms with Gasteiger partial charge in [-0.2, -0.15) is 0 Å². The molecule has 0 bridgehead atoms. The quantitative estimate of drug-likeness (QED) is 0.516. The Bertz CT molecular complexity index is 212. The van der Waals surface area contributed by atoms with Gasteiger partial charge in [-0.3, -0.25) is 4.79 Å². The molecule has 0 saturated carbocycles. The minimum absolute atomic E-state index is 0.439. The van der Waals surface area contributed by atoms with Gasteiger partial charge in [0.2, 0.25) is 0 Å². The van der Waals surface area contributed by atoms with Crippen molar-refractivity contribution < 1.29 is 14.6 Å². The first-order valence-electron chi connectivity index (χ1n) is 6.91. The number of aliphatic carboxylic acids is 1. The molecule has 108 valence electrons. The van der Waals surface area contributed by atoms with Crippen molar-refractivity contribution in [2.75, 3.05) is 39.4 Å². The molecule has 0 aliphatic rings. The lowest BCUT2D eigenvalue weighted by molar-refractivity contribution is -0.139. The van der Waals surface area contributed by atoms with Gasteiger partial charge in [0.25, 0.3) is 0 Å². The van der Waals surface area contributed by atoms with E-state index in [0.717, 1.165) is 39.2 Å². The van der Waals surface area contributed by atoms with Crippen LogP contribution in [0.3, 0.4) is 0 Å². The summed E-state index contributed by atoms with van der Waals surface area (Å²) in [5.74, 6) is -0.760. The fourth-order valence-corrected chi connectivity index (χ4v) is 1.71. The molecule has 18 heavy (non-hydrogen) atoms. The Labute approximate surface area is 110 Å². The Balaban J connectivity index is 3.93. The molecule has 0 aromatic rings. The maximum atomic E-state index is 11.1. The highest BCUT2D eigenvalue weighted by atomic mass is 16.5. The van der Waals surface area contributed by atoms with Crippen LogP contribution >= 0.6 is 0 Å². The van der Waals surface area contributed by atoms with Gasteiger partial charge >= 0.3 is 5.97 Å². The molecular formula is C13H28N2O3. The van der Waals surface area contributed by atoms with Crippen LogP contribution in [0.25, 0.3) is 0 Å². The molecule has 0 rings (SSSR count). The molecule has 0 fully saturated rings. The SMILES string of the molecule is CCCNC(CCN(CC)CCOCC)C(=O)O. The van der Waals surface area contributed by atoms with E-state index < -0.39 is 12.0 Å². The van der Waals surface area contributed by atoms with Gasteiger partial charge in [-0.15, -0.1) is 0 Å². The zero-order chi connectivity index (χ0) is 13.8. The van der Waals surface area contributed by atoms with Crippen LogP contribution in [0.2, 0.25) is 0 Å². The smallest absolute Gasteiger partial charge is 0.320 e. The van der Waals surface area contributed by atoms with Crippen molar-refractivity contribution in [3.63, 3.8) is 0 Å². The number of nitrogens with one attached hydrogen (secondary N) is 1. The highest BCUT2D eigenvalue weighted by molar-refractivity contribution is 5.73. The van der Waals surface area contributed by atoms with Crippen LogP contribution in [0.1, 0.15) is 33.6 Å². The van der Waals surface area contributed by atoms with Crippen LogP contribution in [0, 0.1) is 0 Å². The zero-order valence-corrected chi connectivity index (χ0v) is 11.9. The van der Waals surface area contributed by atoms with Crippen LogP contribution in [0.5, 0.6) is 0 Å². The topological polar surface area (TPSA) is 61.8 Å². The number of nitrogens with zero attached hydrogens (tertiary/aromatic N) is 1. The van der Waals surface area contributed by atoms with Gasteiger partial charge in [0.15, 0.2) is 0 Å². The first kappa shape index (κ1) is 17.4. The summed E-state index contributed by atoms with van der Waals surface area (Å²) in [7, 11) is 0. The molecule has 0 saturated heterocycles. The van der Waals surface area contributed by atoms with Gasteiger partial charge in [-0.05, 0) is 32.9 Å². The third-order valence-corrected chi connectivity index (χ3v) is 2.88. The van der Waals surface area contributed by atoms with Gasteiger partial charge in [0.05, 0.1) is 6.61 Å². The second-order valence-electron chi connectivity index (χ2n) is 4.26. The van der Waals surface area contributed by atoms with Gasteiger partial charge < -0.3 is 20.1 Å². The molecular weight excluding hydrogens is 232 g/mol. The standard InChI is InChI=1S/C13H28N2O3/c1-4-8-14-12(13(16)17)7-9-15(5-2)10-11-18-6-3/h12,14H,4-11H2,1-3H3,(H,16,17). The Morgan fingerprint density at radius 2 is 2.06 bits per heavy atom. The Kier molecular flexibility index (Phi) is 11.0. The van der Waals surface area contributed by atoms with Gasteiger partial charge in [0.1, 0.15) is 6.04 Å². The monoisotopic (exact) mass is 260 g/mol. The summed E-state index contributed by atoms with van der Waals surface area (Å²) in [5.41, 5.74) is 0. The van der Waals surface area contributed by atoms with Crippen molar-refractivity contribution in [1.82, 2.24) is 10.2 Å². The first-order chi connectivity index (χ1) is 8.65. The van der Waals surface area contributed by atoms with E-state index in [0.29, 0.717) is 13.0 Å². The molecule has 2 N–H and O–H groups in total.